The number of anilines is 1. The van der Waals surface area contributed by atoms with E-state index in [1.807, 2.05) is 5.32 Å². The Kier molecular flexibility index (Phi) is 3.35. The number of barbiturate groups is 1. The summed E-state index contributed by atoms with van der Waals surface area (Å²) in [4.78, 5) is 47.3. The minimum Gasteiger partial charge on any atom is -0.299 e. The van der Waals surface area contributed by atoms with Crippen LogP contribution in [-0.4, -0.2) is 23.6 Å². The average molecular weight is 281 g/mol. The monoisotopic (exact) mass is 280 g/mol. The first-order chi connectivity index (χ1) is 8.91. The molecular formula is C12H9ClN2O4. The number of carbonyl (C=O) groups excluding carboxylic acids is 4. The lowest BCUT2D eigenvalue weighted by atomic mass is 10.0. The highest BCUT2D eigenvalue weighted by atomic mass is 35.5. The van der Waals surface area contributed by atoms with E-state index < -0.39 is 29.5 Å². The fourth-order valence-electron chi connectivity index (χ4n) is 1.77. The summed E-state index contributed by atoms with van der Waals surface area (Å²) >= 11 is 5.71. The van der Waals surface area contributed by atoms with Gasteiger partial charge in [0.25, 0.3) is 5.91 Å². The number of nitrogens with zero attached hydrogens (tertiary/aromatic N) is 1. The zero-order valence-electron chi connectivity index (χ0n) is 9.84. The summed E-state index contributed by atoms with van der Waals surface area (Å²) in [6, 6.07) is 5.02. The molecule has 0 spiro atoms. The summed E-state index contributed by atoms with van der Waals surface area (Å²) in [6.45, 7) is 1.12. The molecule has 98 valence electrons. The molecule has 1 atom stereocenters. The van der Waals surface area contributed by atoms with Crippen LogP contribution in [0.3, 0.4) is 0 Å². The van der Waals surface area contributed by atoms with Crippen LogP contribution >= 0.6 is 11.6 Å². The predicted molar refractivity (Wildman–Crippen MR) is 66.6 cm³/mol. The number of imide groups is 2. The van der Waals surface area contributed by atoms with Gasteiger partial charge < -0.3 is 0 Å². The van der Waals surface area contributed by atoms with Gasteiger partial charge in [-0.05, 0) is 31.2 Å². The third kappa shape index (κ3) is 2.34. The molecule has 0 aromatic heterocycles. The molecule has 7 heteroatoms. The van der Waals surface area contributed by atoms with Crippen LogP contribution < -0.4 is 10.2 Å². The molecule has 1 aromatic rings. The maximum Gasteiger partial charge on any atom is 0.335 e. The standard InChI is InChI=1S/C12H9ClN2O4/c1-6(16)9-10(17)14-12(19)15(11(9)18)8-4-2-7(13)3-5-8/h2-5,9H,1H3,(H,14,17,19). The van der Waals surface area contributed by atoms with Gasteiger partial charge in [0.05, 0.1) is 5.69 Å². The van der Waals surface area contributed by atoms with Crippen LogP contribution in [0, 0.1) is 5.92 Å². The molecule has 0 aliphatic carbocycles. The van der Waals surface area contributed by atoms with Gasteiger partial charge in [0.15, 0.2) is 11.7 Å². The number of urea groups is 1. The first-order valence-electron chi connectivity index (χ1n) is 5.36. The predicted octanol–water partition coefficient (Wildman–Crippen LogP) is 1.13. The van der Waals surface area contributed by atoms with Crippen molar-refractivity contribution >= 4 is 40.9 Å². The summed E-state index contributed by atoms with van der Waals surface area (Å²) in [6.07, 6.45) is 0. The lowest BCUT2D eigenvalue weighted by Gasteiger charge is -2.28. The highest BCUT2D eigenvalue weighted by Gasteiger charge is 2.43. The van der Waals surface area contributed by atoms with Crippen molar-refractivity contribution in [2.24, 2.45) is 5.92 Å². The summed E-state index contributed by atoms with van der Waals surface area (Å²) in [5.74, 6) is -3.86. The number of benzene rings is 1. The second-order valence-corrected chi connectivity index (χ2v) is 4.42. The number of rotatable bonds is 2. The van der Waals surface area contributed by atoms with E-state index >= 15 is 0 Å². The van der Waals surface area contributed by atoms with Gasteiger partial charge in [-0.3, -0.25) is 19.7 Å². The van der Waals surface area contributed by atoms with E-state index in [4.69, 9.17) is 11.6 Å². The highest BCUT2D eigenvalue weighted by Crippen LogP contribution is 2.22. The third-order valence-electron chi connectivity index (χ3n) is 2.65. The summed E-state index contributed by atoms with van der Waals surface area (Å²) in [5.41, 5.74) is 0.241. The highest BCUT2D eigenvalue weighted by molar-refractivity contribution is 6.34. The van der Waals surface area contributed by atoms with Crippen LogP contribution in [0.5, 0.6) is 0 Å². The van der Waals surface area contributed by atoms with Gasteiger partial charge in [-0.25, -0.2) is 9.69 Å². The fourth-order valence-corrected chi connectivity index (χ4v) is 1.89. The van der Waals surface area contributed by atoms with E-state index in [1.165, 1.54) is 24.3 Å². The number of Topliss-reactive ketones (excluding diaryl/α,β-unsaturated/α-hetero) is 1. The van der Waals surface area contributed by atoms with Crippen molar-refractivity contribution in [2.45, 2.75) is 6.92 Å². The van der Waals surface area contributed by atoms with E-state index in [-0.39, 0.29) is 5.69 Å². The maximum absolute atomic E-state index is 12.1. The van der Waals surface area contributed by atoms with Gasteiger partial charge in [0, 0.05) is 5.02 Å². The molecule has 1 unspecified atom stereocenters. The third-order valence-corrected chi connectivity index (χ3v) is 2.91. The van der Waals surface area contributed by atoms with Gasteiger partial charge in [-0.2, -0.15) is 0 Å². The maximum atomic E-state index is 12.1. The summed E-state index contributed by atoms with van der Waals surface area (Å²) < 4.78 is 0. The molecule has 1 aliphatic rings. The lowest BCUT2D eigenvalue weighted by Crippen LogP contribution is -2.59. The van der Waals surface area contributed by atoms with Crippen LogP contribution in [0.2, 0.25) is 5.02 Å². The van der Waals surface area contributed by atoms with E-state index in [2.05, 4.69) is 0 Å². The Labute approximate surface area is 113 Å². The minimum atomic E-state index is -1.49. The molecule has 2 rings (SSSR count). The van der Waals surface area contributed by atoms with Crippen molar-refractivity contribution < 1.29 is 19.2 Å². The van der Waals surface area contributed by atoms with Crippen LogP contribution in [0.1, 0.15) is 6.92 Å². The van der Waals surface area contributed by atoms with E-state index in [1.54, 1.807) is 0 Å². The molecule has 0 bridgehead atoms. The zero-order valence-corrected chi connectivity index (χ0v) is 10.6. The van der Waals surface area contributed by atoms with Crippen LogP contribution in [0.15, 0.2) is 24.3 Å². The summed E-state index contributed by atoms with van der Waals surface area (Å²) in [7, 11) is 0. The van der Waals surface area contributed by atoms with E-state index in [0.29, 0.717) is 5.02 Å². The number of carbonyl (C=O) groups is 4. The molecule has 1 saturated heterocycles. The van der Waals surface area contributed by atoms with Crippen molar-refractivity contribution in [2.75, 3.05) is 4.90 Å². The number of ketones is 1. The van der Waals surface area contributed by atoms with Gasteiger partial charge in [-0.15, -0.1) is 0 Å². The van der Waals surface area contributed by atoms with Gasteiger partial charge in [0.1, 0.15) is 0 Å². The SMILES string of the molecule is CC(=O)C1C(=O)NC(=O)N(c2ccc(Cl)cc2)C1=O. The smallest absolute Gasteiger partial charge is 0.299 e. The Bertz CT molecular complexity index is 582. The van der Waals surface area contributed by atoms with Crippen LogP contribution in [-0.2, 0) is 14.4 Å². The Morgan fingerprint density at radius 1 is 1.21 bits per heavy atom. The molecule has 0 saturated carbocycles. The lowest BCUT2D eigenvalue weighted by molar-refractivity contribution is -0.140. The van der Waals surface area contributed by atoms with Crippen LogP contribution in [0.4, 0.5) is 10.5 Å². The molecule has 1 heterocycles. The Morgan fingerprint density at radius 2 is 1.79 bits per heavy atom. The molecule has 1 aliphatic heterocycles. The quantitative estimate of drug-likeness (QED) is 0.823. The fraction of sp³-hybridized carbons (Fsp3) is 0.167. The topological polar surface area (TPSA) is 83.6 Å². The molecular weight excluding hydrogens is 272 g/mol. The molecule has 1 fully saturated rings. The molecule has 4 amide bonds. The first kappa shape index (κ1) is 13.2. The average Bonchev–Trinajstić information content (AvgIpc) is 2.30. The number of halogens is 1. The molecule has 1 N–H and O–H groups in total. The van der Waals surface area contributed by atoms with Crippen molar-refractivity contribution in [1.29, 1.82) is 0 Å². The van der Waals surface area contributed by atoms with Crippen molar-refractivity contribution in [3.8, 4) is 0 Å². The molecule has 19 heavy (non-hydrogen) atoms. The largest absolute Gasteiger partial charge is 0.335 e. The van der Waals surface area contributed by atoms with E-state index in [0.717, 1.165) is 11.8 Å². The van der Waals surface area contributed by atoms with E-state index in [9.17, 15) is 19.2 Å². The molecule has 0 radical (unpaired) electrons. The molecule has 6 nitrogen and oxygen atoms in total. The first-order valence-corrected chi connectivity index (χ1v) is 5.74. The Balaban J connectivity index is 2.41. The zero-order chi connectivity index (χ0) is 14.2. The van der Waals surface area contributed by atoms with Gasteiger partial charge in [0.2, 0.25) is 5.91 Å². The number of hydrogen-bond acceptors (Lipinski definition) is 4. The number of hydrogen-bond donors (Lipinski definition) is 1. The minimum absolute atomic E-state index is 0.241. The summed E-state index contributed by atoms with van der Waals surface area (Å²) in [5, 5.41) is 2.42. The number of nitrogens with one attached hydrogen (secondary N) is 1. The molecule has 1 aromatic carbocycles. The Morgan fingerprint density at radius 3 is 2.32 bits per heavy atom. The van der Waals surface area contributed by atoms with Crippen molar-refractivity contribution in [1.82, 2.24) is 5.32 Å². The normalized spacial score (nSPS) is 19.4. The van der Waals surface area contributed by atoms with Gasteiger partial charge >= 0.3 is 6.03 Å². The van der Waals surface area contributed by atoms with Crippen molar-refractivity contribution in [3.05, 3.63) is 29.3 Å². The second kappa shape index (κ2) is 4.81. The van der Waals surface area contributed by atoms with Gasteiger partial charge in [-0.1, -0.05) is 11.6 Å². The number of amides is 4. The van der Waals surface area contributed by atoms with Crippen molar-refractivity contribution in [3.63, 3.8) is 0 Å². The van der Waals surface area contributed by atoms with Crippen LogP contribution in [0.25, 0.3) is 0 Å². The Hall–Kier alpha value is -2.21. The second-order valence-electron chi connectivity index (χ2n) is 3.99.